The fraction of sp³-hybridized carbons (Fsp3) is 0.214. The molecule has 2 aromatic rings. The molecule has 20 heavy (non-hydrogen) atoms. The maximum atomic E-state index is 11.8. The molecule has 0 atom stereocenters. The highest BCUT2D eigenvalue weighted by Crippen LogP contribution is 2.08. The maximum absolute atomic E-state index is 11.8. The first-order chi connectivity index (χ1) is 9.70. The molecule has 0 spiro atoms. The van der Waals surface area contributed by atoms with Crippen molar-refractivity contribution < 1.29 is 9.59 Å². The van der Waals surface area contributed by atoms with Crippen molar-refractivity contribution in [3.8, 4) is 5.69 Å². The third kappa shape index (κ3) is 3.44. The van der Waals surface area contributed by atoms with Gasteiger partial charge in [0.2, 0.25) is 5.91 Å². The summed E-state index contributed by atoms with van der Waals surface area (Å²) in [4.78, 5) is 23.1. The predicted octanol–water partition coefficient (Wildman–Crippen LogP) is 0.738. The van der Waals surface area contributed by atoms with Gasteiger partial charge in [0.1, 0.15) is 0 Å². The zero-order chi connectivity index (χ0) is 14.4. The molecule has 0 saturated carbocycles. The highest BCUT2D eigenvalue weighted by Gasteiger charge is 2.07. The van der Waals surface area contributed by atoms with Gasteiger partial charge in [-0.15, -0.1) is 0 Å². The van der Waals surface area contributed by atoms with E-state index in [-0.39, 0.29) is 18.4 Å². The van der Waals surface area contributed by atoms with Gasteiger partial charge in [0, 0.05) is 24.5 Å². The highest BCUT2D eigenvalue weighted by molar-refractivity contribution is 5.96. The van der Waals surface area contributed by atoms with Crippen LogP contribution in [0.15, 0.2) is 42.7 Å². The van der Waals surface area contributed by atoms with Crippen molar-refractivity contribution in [2.45, 2.75) is 6.92 Å². The van der Waals surface area contributed by atoms with E-state index in [0.29, 0.717) is 12.1 Å². The lowest BCUT2D eigenvalue weighted by atomic mass is 10.2. The molecule has 0 aliphatic carbocycles. The van der Waals surface area contributed by atoms with E-state index in [2.05, 4.69) is 15.7 Å². The minimum atomic E-state index is -0.275. The highest BCUT2D eigenvalue weighted by atomic mass is 16.2. The number of amides is 2. The Balaban J connectivity index is 1.96. The quantitative estimate of drug-likeness (QED) is 0.843. The lowest BCUT2D eigenvalue weighted by Gasteiger charge is -2.06. The number of nitrogens with one attached hydrogen (secondary N) is 2. The largest absolute Gasteiger partial charge is 0.355 e. The summed E-state index contributed by atoms with van der Waals surface area (Å²) in [6, 6.07) is 8.82. The van der Waals surface area contributed by atoms with Crippen LogP contribution in [-0.4, -0.2) is 34.7 Å². The molecule has 1 aromatic carbocycles. The molecule has 104 valence electrons. The number of hydrogen-bond donors (Lipinski definition) is 2. The number of benzene rings is 1. The predicted molar refractivity (Wildman–Crippen MR) is 74.6 cm³/mol. The second-order valence-electron chi connectivity index (χ2n) is 4.13. The smallest absolute Gasteiger partial charge is 0.251 e. The van der Waals surface area contributed by atoms with Crippen molar-refractivity contribution in [2.24, 2.45) is 0 Å². The van der Waals surface area contributed by atoms with E-state index in [9.17, 15) is 9.59 Å². The Kier molecular flexibility index (Phi) is 4.49. The Morgan fingerprint density at radius 2 is 1.95 bits per heavy atom. The van der Waals surface area contributed by atoms with Crippen LogP contribution in [0.1, 0.15) is 17.3 Å². The number of nitrogens with zero attached hydrogens (tertiary/aromatic N) is 2. The molecule has 0 aliphatic rings. The number of aromatic nitrogens is 2. The van der Waals surface area contributed by atoms with Crippen molar-refractivity contribution >= 4 is 11.8 Å². The summed E-state index contributed by atoms with van der Waals surface area (Å²) in [5.41, 5.74) is 1.38. The molecule has 0 bridgehead atoms. The van der Waals surface area contributed by atoms with Crippen LogP contribution in [0.2, 0.25) is 0 Å². The monoisotopic (exact) mass is 272 g/mol. The average molecular weight is 272 g/mol. The van der Waals surface area contributed by atoms with Gasteiger partial charge in [-0.25, -0.2) is 4.68 Å². The van der Waals surface area contributed by atoms with Gasteiger partial charge >= 0.3 is 0 Å². The van der Waals surface area contributed by atoms with Crippen LogP contribution in [0.4, 0.5) is 0 Å². The molecule has 2 N–H and O–H groups in total. The SMILES string of the molecule is CCNC(=O)CNC(=O)c1ccc(-n2cccn2)cc1. The van der Waals surface area contributed by atoms with Gasteiger partial charge in [0.05, 0.1) is 12.2 Å². The molecule has 1 aromatic heterocycles. The molecular formula is C14H16N4O2. The normalized spacial score (nSPS) is 10.1. The van der Waals surface area contributed by atoms with Crippen LogP contribution in [0.25, 0.3) is 5.69 Å². The van der Waals surface area contributed by atoms with Crippen LogP contribution in [-0.2, 0) is 4.79 Å². The molecule has 6 heteroatoms. The Labute approximate surface area is 116 Å². The Morgan fingerprint density at radius 3 is 2.55 bits per heavy atom. The number of likely N-dealkylation sites (N-methyl/N-ethyl adjacent to an activating group) is 1. The molecule has 0 saturated heterocycles. The van der Waals surface area contributed by atoms with Crippen molar-refractivity contribution in [1.82, 2.24) is 20.4 Å². The van der Waals surface area contributed by atoms with Gasteiger partial charge < -0.3 is 10.6 Å². The van der Waals surface area contributed by atoms with E-state index >= 15 is 0 Å². The molecular weight excluding hydrogens is 256 g/mol. The van der Waals surface area contributed by atoms with Crippen molar-refractivity contribution in [2.75, 3.05) is 13.1 Å². The topological polar surface area (TPSA) is 76.0 Å². The third-order valence-corrected chi connectivity index (χ3v) is 2.68. The van der Waals surface area contributed by atoms with Crippen molar-refractivity contribution in [3.05, 3.63) is 48.3 Å². The molecule has 2 rings (SSSR count). The molecule has 0 radical (unpaired) electrons. The van der Waals surface area contributed by atoms with Crippen molar-refractivity contribution in [1.29, 1.82) is 0 Å². The van der Waals surface area contributed by atoms with Gasteiger partial charge in [0.25, 0.3) is 5.91 Å². The molecule has 0 fully saturated rings. The summed E-state index contributed by atoms with van der Waals surface area (Å²) in [6.45, 7) is 2.36. The molecule has 0 unspecified atom stereocenters. The average Bonchev–Trinajstić information content (AvgIpc) is 2.99. The first kappa shape index (κ1) is 13.8. The molecule has 2 amide bonds. The first-order valence-electron chi connectivity index (χ1n) is 6.35. The summed E-state index contributed by atoms with van der Waals surface area (Å²) in [5, 5.41) is 9.28. The lowest BCUT2D eigenvalue weighted by molar-refractivity contribution is -0.120. The van der Waals surface area contributed by atoms with Crippen LogP contribution < -0.4 is 10.6 Å². The van der Waals surface area contributed by atoms with Crippen molar-refractivity contribution in [3.63, 3.8) is 0 Å². The minimum absolute atomic E-state index is 0.0203. The lowest BCUT2D eigenvalue weighted by Crippen LogP contribution is -2.36. The summed E-state index contributed by atoms with van der Waals surface area (Å²) in [7, 11) is 0. The second-order valence-corrected chi connectivity index (χ2v) is 4.13. The van der Waals surface area contributed by atoms with Gasteiger partial charge in [-0.1, -0.05) is 0 Å². The van der Waals surface area contributed by atoms with Gasteiger partial charge in [0.15, 0.2) is 0 Å². The zero-order valence-electron chi connectivity index (χ0n) is 11.2. The summed E-state index contributed by atoms with van der Waals surface area (Å²) in [5.74, 6) is -0.475. The number of carbonyl (C=O) groups excluding carboxylic acids is 2. The molecule has 0 aliphatic heterocycles. The van der Waals surface area contributed by atoms with E-state index < -0.39 is 0 Å². The summed E-state index contributed by atoms with van der Waals surface area (Å²) in [6.07, 6.45) is 3.51. The van der Waals surface area contributed by atoms with E-state index in [1.54, 1.807) is 35.1 Å². The molecule has 6 nitrogen and oxygen atoms in total. The standard InChI is InChI=1S/C14H16N4O2/c1-2-15-13(19)10-16-14(20)11-4-6-12(7-5-11)18-9-3-8-17-18/h3-9H,2,10H2,1H3,(H,15,19)(H,16,20). The van der Waals surface area contributed by atoms with E-state index in [0.717, 1.165) is 5.69 Å². The van der Waals surface area contributed by atoms with Crippen LogP contribution in [0.5, 0.6) is 0 Å². The number of rotatable bonds is 5. The Hall–Kier alpha value is -2.63. The summed E-state index contributed by atoms with van der Waals surface area (Å²) < 4.78 is 1.70. The second kappa shape index (κ2) is 6.51. The van der Waals surface area contributed by atoms with Crippen LogP contribution >= 0.6 is 0 Å². The van der Waals surface area contributed by atoms with Gasteiger partial charge in [-0.2, -0.15) is 5.10 Å². The van der Waals surface area contributed by atoms with Gasteiger partial charge in [-0.05, 0) is 37.3 Å². The van der Waals surface area contributed by atoms with E-state index in [1.807, 2.05) is 19.2 Å². The Morgan fingerprint density at radius 1 is 1.20 bits per heavy atom. The van der Waals surface area contributed by atoms with E-state index in [1.165, 1.54) is 0 Å². The number of hydrogen-bond acceptors (Lipinski definition) is 3. The van der Waals surface area contributed by atoms with E-state index in [4.69, 9.17) is 0 Å². The maximum Gasteiger partial charge on any atom is 0.251 e. The third-order valence-electron chi connectivity index (χ3n) is 2.68. The summed E-state index contributed by atoms with van der Waals surface area (Å²) >= 11 is 0. The fourth-order valence-corrected chi connectivity index (χ4v) is 1.71. The van der Waals surface area contributed by atoms with Crippen LogP contribution in [0, 0.1) is 0 Å². The fourth-order valence-electron chi connectivity index (χ4n) is 1.71. The minimum Gasteiger partial charge on any atom is -0.355 e. The first-order valence-corrected chi connectivity index (χ1v) is 6.35. The number of carbonyl (C=O) groups is 2. The van der Waals surface area contributed by atoms with Crippen LogP contribution in [0.3, 0.4) is 0 Å². The zero-order valence-corrected chi connectivity index (χ0v) is 11.2. The molecule has 1 heterocycles. The Bertz CT molecular complexity index is 576. The van der Waals surface area contributed by atoms with Gasteiger partial charge in [-0.3, -0.25) is 9.59 Å².